The Kier molecular flexibility index (Phi) is 9.32. The highest BCUT2D eigenvalue weighted by Crippen LogP contribution is 2.24. The standard InChI is InChI=1S/C41H42BN2Si/c1-31(2)33-20-24-38(25-21-33)45(37-18-12-7-13-19-37,39-26-22-34(23-27-39)32(3)4)30-44-29-28-43-41(44)42-40(35-14-8-5-9-15-35)36-16-10-6-11-17-36/h5-29,31-32,40H,30H2,1-4H3. The topological polar surface area (TPSA) is 17.8 Å². The minimum atomic E-state index is -2.58. The Morgan fingerprint density at radius 1 is 0.533 bits per heavy atom. The van der Waals surface area contributed by atoms with Crippen molar-refractivity contribution < 1.29 is 0 Å². The van der Waals surface area contributed by atoms with E-state index in [1.165, 1.54) is 37.8 Å². The molecule has 1 aromatic heterocycles. The molecule has 0 unspecified atom stereocenters. The lowest BCUT2D eigenvalue weighted by molar-refractivity contribution is 0.866. The third kappa shape index (κ3) is 6.53. The summed E-state index contributed by atoms with van der Waals surface area (Å²) >= 11 is 0. The van der Waals surface area contributed by atoms with E-state index in [4.69, 9.17) is 4.98 Å². The maximum atomic E-state index is 4.98. The van der Waals surface area contributed by atoms with Gasteiger partial charge in [-0.1, -0.05) is 167 Å². The lowest BCUT2D eigenvalue weighted by atomic mass is 9.58. The van der Waals surface area contributed by atoms with Gasteiger partial charge in [0.25, 0.3) is 0 Å². The van der Waals surface area contributed by atoms with Gasteiger partial charge in [-0.25, -0.2) is 0 Å². The highest BCUT2D eigenvalue weighted by molar-refractivity contribution is 7.10. The molecule has 4 heteroatoms. The minimum Gasteiger partial charge on any atom is -0.345 e. The van der Waals surface area contributed by atoms with E-state index in [1.807, 2.05) is 6.20 Å². The van der Waals surface area contributed by atoms with Crippen molar-refractivity contribution in [2.45, 2.75) is 51.5 Å². The summed E-state index contributed by atoms with van der Waals surface area (Å²) in [5.41, 5.74) is 6.26. The molecule has 6 rings (SSSR count). The van der Waals surface area contributed by atoms with Gasteiger partial charge in [0, 0.05) is 18.6 Å². The molecule has 1 heterocycles. The van der Waals surface area contributed by atoms with Crippen LogP contribution in [-0.4, -0.2) is 24.9 Å². The van der Waals surface area contributed by atoms with Crippen LogP contribution in [-0.2, 0) is 6.17 Å². The molecular weight excluding hydrogens is 559 g/mol. The van der Waals surface area contributed by atoms with Crippen LogP contribution in [0.4, 0.5) is 0 Å². The summed E-state index contributed by atoms with van der Waals surface area (Å²) in [4.78, 5) is 4.98. The lowest BCUT2D eigenvalue weighted by Gasteiger charge is -2.35. The molecule has 0 bridgehead atoms. The number of hydrogen-bond donors (Lipinski definition) is 0. The molecule has 223 valence electrons. The van der Waals surface area contributed by atoms with E-state index in [1.54, 1.807) is 0 Å². The average molecular weight is 602 g/mol. The summed E-state index contributed by atoms with van der Waals surface area (Å²) in [7, 11) is -0.236. The van der Waals surface area contributed by atoms with Crippen molar-refractivity contribution in [1.82, 2.24) is 9.55 Å². The Bertz CT molecular complexity index is 1690. The molecule has 0 atom stereocenters. The number of rotatable bonds is 11. The quantitative estimate of drug-likeness (QED) is 0.116. The average Bonchev–Trinajstić information content (AvgIpc) is 3.53. The zero-order valence-electron chi connectivity index (χ0n) is 26.8. The summed E-state index contributed by atoms with van der Waals surface area (Å²) in [5.74, 6) is 1.07. The Morgan fingerprint density at radius 2 is 0.956 bits per heavy atom. The van der Waals surface area contributed by atoms with Crippen LogP contribution in [0.3, 0.4) is 0 Å². The van der Waals surface area contributed by atoms with Crippen molar-refractivity contribution >= 4 is 36.6 Å². The van der Waals surface area contributed by atoms with E-state index in [-0.39, 0.29) is 5.82 Å². The molecule has 6 aromatic rings. The third-order valence-electron chi connectivity index (χ3n) is 9.20. The molecule has 2 nitrogen and oxygen atoms in total. The summed E-state index contributed by atoms with van der Waals surface area (Å²) in [6.07, 6.45) is 4.99. The van der Waals surface area contributed by atoms with Crippen LogP contribution in [0.25, 0.3) is 0 Å². The van der Waals surface area contributed by atoms with E-state index >= 15 is 0 Å². The van der Waals surface area contributed by atoms with E-state index in [9.17, 15) is 0 Å². The SMILES string of the molecule is CC(C)c1ccc([Si](Cn2ccnc2[B]C(c2ccccc2)c2ccccc2)(c2ccccc2)c2ccc(C(C)C)cc2)cc1. The van der Waals surface area contributed by atoms with Crippen LogP contribution in [0.1, 0.15) is 67.6 Å². The predicted octanol–water partition coefficient (Wildman–Crippen LogP) is 6.96. The molecule has 1 radical (unpaired) electrons. The predicted molar refractivity (Wildman–Crippen MR) is 195 cm³/mol. The molecule has 0 aliphatic heterocycles. The van der Waals surface area contributed by atoms with Crippen LogP contribution >= 0.6 is 0 Å². The highest BCUT2D eigenvalue weighted by atomic mass is 28.3. The molecule has 0 saturated heterocycles. The van der Waals surface area contributed by atoms with Crippen LogP contribution < -0.4 is 21.3 Å². The number of aromatic nitrogens is 2. The molecule has 0 aliphatic carbocycles. The number of hydrogen-bond acceptors (Lipinski definition) is 1. The van der Waals surface area contributed by atoms with Crippen LogP contribution in [0, 0.1) is 0 Å². The maximum Gasteiger partial charge on any atom is 0.215 e. The fourth-order valence-corrected chi connectivity index (χ4v) is 11.1. The first-order chi connectivity index (χ1) is 22.0. The van der Waals surface area contributed by atoms with Gasteiger partial charge >= 0.3 is 0 Å². The van der Waals surface area contributed by atoms with Gasteiger partial charge in [-0.15, -0.1) is 0 Å². The van der Waals surface area contributed by atoms with E-state index in [0.29, 0.717) is 11.8 Å². The molecule has 0 aliphatic rings. The normalized spacial score (nSPS) is 11.8. The summed E-state index contributed by atoms with van der Waals surface area (Å²) < 4.78 is 2.41. The Balaban J connectivity index is 1.50. The van der Waals surface area contributed by atoms with E-state index < -0.39 is 8.07 Å². The second-order valence-corrected chi connectivity index (χ2v) is 16.6. The van der Waals surface area contributed by atoms with Gasteiger partial charge < -0.3 is 4.57 Å². The second kappa shape index (κ2) is 13.7. The Labute approximate surface area is 271 Å². The first-order valence-corrected chi connectivity index (χ1v) is 18.4. The van der Waals surface area contributed by atoms with Gasteiger partial charge in [0.1, 0.15) is 0 Å². The van der Waals surface area contributed by atoms with Crippen LogP contribution in [0.2, 0.25) is 0 Å². The monoisotopic (exact) mass is 601 g/mol. The zero-order chi connectivity index (χ0) is 31.2. The molecular formula is C41H42BN2Si. The molecule has 5 aromatic carbocycles. The van der Waals surface area contributed by atoms with Crippen LogP contribution in [0.5, 0.6) is 0 Å². The van der Waals surface area contributed by atoms with Crippen molar-refractivity contribution in [3.63, 3.8) is 0 Å². The summed E-state index contributed by atoms with van der Waals surface area (Å²) in [6, 6.07) is 51.8. The first kappa shape index (κ1) is 30.6. The minimum absolute atomic E-state index is 0.0944. The number of nitrogens with zero attached hydrogens (tertiary/aromatic N) is 2. The highest BCUT2D eigenvalue weighted by Gasteiger charge is 2.40. The van der Waals surface area contributed by atoms with Crippen molar-refractivity contribution in [2.75, 3.05) is 0 Å². The Morgan fingerprint density at radius 3 is 1.40 bits per heavy atom. The third-order valence-corrected chi connectivity index (χ3v) is 14.0. The summed E-state index contributed by atoms with van der Waals surface area (Å²) in [6.45, 7) is 9.08. The van der Waals surface area contributed by atoms with Crippen LogP contribution in [0.15, 0.2) is 152 Å². The zero-order valence-corrected chi connectivity index (χ0v) is 27.8. The van der Waals surface area contributed by atoms with Gasteiger partial charge in [0.15, 0.2) is 8.07 Å². The fraction of sp³-hybridized carbons (Fsp3) is 0.195. The van der Waals surface area contributed by atoms with Crippen molar-refractivity contribution in [1.29, 1.82) is 0 Å². The van der Waals surface area contributed by atoms with Crippen molar-refractivity contribution in [3.8, 4) is 0 Å². The number of imidazole rings is 1. The largest absolute Gasteiger partial charge is 0.345 e. The van der Waals surface area contributed by atoms with Gasteiger partial charge in [-0.3, -0.25) is 4.98 Å². The first-order valence-electron chi connectivity index (χ1n) is 16.2. The van der Waals surface area contributed by atoms with Gasteiger partial charge in [0.05, 0.1) is 5.72 Å². The second-order valence-electron chi connectivity index (χ2n) is 12.7. The molecule has 45 heavy (non-hydrogen) atoms. The maximum absolute atomic E-state index is 4.98. The van der Waals surface area contributed by atoms with Crippen molar-refractivity contribution in [3.05, 3.63) is 174 Å². The number of benzene rings is 5. The van der Waals surface area contributed by atoms with Gasteiger partial charge in [-0.05, 0) is 55.5 Å². The molecule has 0 saturated carbocycles. The molecule has 0 N–H and O–H groups in total. The van der Waals surface area contributed by atoms with Gasteiger partial charge in [-0.2, -0.15) is 0 Å². The molecule has 0 amide bonds. The Hall–Kier alpha value is -4.41. The fourth-order valence-electron chi connectivity index (χ4n) is 6.53. The van der Waals surface area contributed by atoms with E-state index in [0.717, 1.165) is 11.9 Å². The molecule has 0 spiro atoms. The van der Waals surface area contributed by atoms with E-state index in [2.05, 4.69) is 185 Å². The molecule has 0 fully saturated rings. The van der Waals surface area contributed by atoms with Crippen molar-refractivity contribution in [2.24, 2.45) is 0 Å². The summed E-state index contributed by atoms with van der Waals surface area (Å²) in [5, 5.41) is 4.23. The lowest BCUT2D eigenvalue weighted by Crippen LogP contribution is -2.70. The van der Waals surface area contributed by atoms with Gasteiger partial charge in [0.2, 0.25) is 7.28 Å². The smallest absolute Gasteiger partial charge is 0.215 e.